The largest absolute Gasteiger partial charge is 0.482 e. The lowest BCUT2D eigenvalue weighted by Crippen LogP contribution is -2.10. The monoisotopic (exact) mass is 345 g/mol. The van der Waals surface area contributed by atoms with E-state index in [1.807, 2.05) is 53.3 Å². The molecule has 2 aliphatic rings. The predicted octanol–water partition coefficient (Wildman–Crippen LogP) is 3.15. The molecule has 0 amide bonds. The lowest BCUT2D eigenvalue weighted by molar-refractivity contribution is -0.139. The predicted molar refractivity (Wildman–Crippen MR) is 99.2 cm³/mol. The van der Waals surface area contributed by atoms with Crippen LogP contribution in [0.1, 0.15) is 5.69 Å². The van der Waals surface area contributed by atoms with Gasteiger partial charge in [-0.25, -0.2) is 4.79 Å². The molecule has 3 heterocycles. The van der Waals surface area contributed by atoms with Crippen molar-refractivity contribution >= 4 is 17.9 Å². The molecule has 6 heteroatoms. The zero-order chi connectivity index (χ0) is 17.9. The summed E-state index contributed by atoms with van der Waals surface area (Å²) in [6.45, 7) is -0.360. The number of carboxylic acid groups (broad SMARTS) is 1. The third-order valence-electron chi connectivity index (χ3n) is 4.00. The van der Waals surface area contributed by atoms with Crippen LogP contribution in [0.5, 0.6) is 5.75 Å². The van der Waals surface area contributed by atoms with E-state index < -0.39 is 5.97 Å². The van der Waals surface area contributed by atoms with Crippen LogP contribution in [0.4, 0.5) is 0 Å². The molecule has 0 bridgehead atoms. The maximum atomic E-state index is 10.6. The number of carbonyl (C=O) groups is 1. The van der Waals surface area contributed by atoms with E-state index >= 15 is 0 Å². The molecular formula is C20H15N3O3. The van der Waals surface area contributed by atoms with Crippen molar-refractivity contribution in [1.29, 1.82) is 0 Å². The van der Waals surface area contributed by atoms with Crippen LogP contribution >= 0.6 is 0 Å². The Labute approximate surface area is 149 Å². The van der Waals surface area contributed by atoms with E-state index in [2.05, 4.69) is 9.98 Å². The van der Waals surface area contributed by atoms with Crippen molar-refractivity contribution in [1.82, 2.24) is 4.57 Å². The summed E-state index contributed by atoms with van der Waals surface area (Å²) in [6.07, 6.45) is 11.3. The number of aliphatic carboxylic acids is 1. The minimum Gasteiger partial charge on any atom is -0.482 e. The fourth-order valence-corrected chi connectivity index (χ4v) is 2.85. The van der Waals surface area contributed by atoms with E-state index in [0.29, 0.717) is 5.75 Å². The minimum atomic E-state index is -1.00. The average Bonchev–Trinajstić information content (AvgIpc) is 3.40. The zero-order valence-corrected chi connectivity index (χ0v) is 13.7. The Morgan fingerprint density at radius 1 is 1.15 bits per heavy atom. The lowest BCUT2D eigenvalue weighted by Gasteiger charge is -2.12. The highest BCUT2D eigenvalue weighted by molar-refractivity contribution is 6.16. The number of allylic oxidation sites excluding steroid dienone is 4. The molecule has 0 aliphatic carbocycles. The van der Waals surface area contributed by atoms with Crippen molar-refractivity contribution in [3.8, 4) is 11.4 Å². The number of hydrogen-bond acceptors (Lipinski definition) is 4. The molecule has 1 aromatic carbocycles. The van der Waals surface area contributed by atoms with Gasteiger partial charge in [-0.15, -0.1) is 0 Å². The molecule has 0 unspecified atom stereocenters. The zero-order valence-electron chi connectivity index (χ0n) is 13.7. The smallest absolute Gasteiger partial charge is 0.341 e. The molecule has 128 valence electrons. The van der Waals surface area contributed by atoms with Crippen LogP contribution in [0.3, 0.4) is 0 Å². The molecule has 0 fully saturated rings. The van der Waals surface area contributed by atoms with E-state index in [-0.39, 0.29) is 6.61 Å². The maximum Gasteiger partial charge on any atom is 0.341 e. The number of nitrogens with zero attached hydrogens (tertiary/aromatic N) is 3. The first-order valence-corrected chi connectivity index (χ1v) is 8.05. The molecule has 26 heavy (non-hydrogen) atoms. The molecule has 0 radical (unpaired) electrons. The summed E-state index contributed by atoms with van der Waals surface area (Å²) in [4.78, 5) is 19.5. The summed E-state index contributed by atoms with van der Waals surface area (Å²) in [5.41, 5.74) is 4.61. The quantitative estimate of drug-likeness (QED) is 0.904. The van der Waals surface area contributed by atoms with Crippen molar-refractivity contribution in [3.05, 3.63) is 84.0 Å². The molecule has 2 aliphatic heterocycles. The summed E-state index contributed by atoms with van der Waals surface area (Å²) in [5, 5.41) is 8.68. The first-order valence-electron chi connectivity index (χ1n) is 8.05. The number of carboxylic acids is 1. The third-order valence-corrected chi connectivity index (χ3v) is 4.00. The van der Waals surface area contributed by atoms with Crippen LogP contribution in [0, 0.1) is 0 Å². The van der Waals surface area contributed by atoms with Gasteiger partial charge in [-0.3, -0.25) is 9.98 Å². The number of rotatable bonds is 5. The first-order chi connectivity index (χ1) is 12.7. The van der Waals surface area contributed by atoms with E-state index in [1.165, 1.54) is 0 Å². The summed E-state index contributed by atoms with van der Waals surface area (Å²) in [5.74, 6) is -0.490. The Hall–Kier alpha value is -3.67. The molecule has 1 N–H and O–H groups in total. The van der Waals surface area contributed by atoms with Crippen molar-refractivity contribution in [2.24, 2.45) is 9.98 Å². The second kappa shape index (κ2) is 6.68. The van der Waals surface area contributed by atoms with Crippen LogP contribution < -0.4 is 4.74 Å². The normalized spacial score (nSPS) is 17.8. The summed E-state index contributed by atoms with van der Waals surface area (Å²) in [7, 11) is 0. The van der Waals surface area contributed by atoms with E-state index in [9.17, 15) is 4.79 Å². The maximum absolute atomic E-state index is 10.6. The van der Waals surface area contributed by atoms with E-state index in [0.717, 1.165) is 28.4 Å². The number of aromatic nitrogens is 1. The van der Waals surface area contributed by atoms with Gasteiger partial charge in [-0.2, -0.15) is 0 Å². The lowest BCUT2D eigenvalue weighted by atomic mass is 10.1. The molecule has 0 spiro atoms. The van der Waals surface area contributed by atoms with Gasteiger partial charge in [0, 0.05) is 29.9 Å². The summed E-state index contributed by atoms with van der Waals surface area (Å²) >= 11 is 0. The van der Waals surface area contributed by atoms with Crippen molar-refractivity contribution in [2.45, 2.75) is 0 Å². The highest BCUT2D eigenvalue weighted by Gasteiger charge is 2.19. The molecule has 4 rings (SSSR count). The molecule has 6 nitrogen and oxygen atoms in total. The fourth-order valence-electron chi connectivity index (χ4n) is 2.85. The van der Waals surface area contributed by atoms with Crippen LogP contribution in [-0.4, -0.2) is 34.2 Å². The van der Waals surface area contributed by atoms with Crippen LogP contribution in [0.2, 0.25) is 0 Å². The van der Waals surface area contributed by atoms with Gasteiger partial charge >= 0.3 is 5.97 Å². The molecule has 0 saturated carbocycles. The molecule has 1 aromatic heterocycles. The van der Waals surface area contributed by atoms with Crippen LogP contribution in [0.25, 0.3) is 5.69 Å². The average molecular weight is 345 g/mol. The minimum absolute atomic E-state index is 0.360. The third kappa shape index (κ3) is 3.00. The Bertz CT molecular complexity index is 991. The van der Waals surface area contributed by atoms with Gasteiger partial charge in [0.05, 0.1) is 17.1 Å². The van der Waals surface area contributed by atoms with Gasteiger partial charge in [0.25, 0.3) is 0 Å². The standard InChI is InChI=1S/C20H15N3O3/c24-19(25)13-26-15-7-5-14(6-8-15)23-12-2-4-18(23)20-16(9-11-22-20)17-3-1-10-21-17/h1-12H,13H2,(H,24,25). The van der Waals surface area contributed by atoms with Gasteiger partial charge < -0.3 is 14.4 Å². The van der Waals surface area contributed by atoms with Crippen molar-refractivity contribution in [2.75, 3.05) is 6.61 Å². The first kappa shape index (κ1) is 15.8. The molecule has 0 saturated heterocycles. The molecular weight excluding hydrogens is 330 g/mol. The summed E-state index contributed by atoms with van der Waals surface area (Å²) in [6, 6.07) is 11.2. The Balaban J connectivity index is 1.64. The molecule has 2 aromatic rings. The van der Waals surface area contributed by atoms with Gasteiger partial charge in [-0.1, -0.05) is 0 Å². The Morgan fingerprint density at radius 3 is 2.73 bits per heavy atom. The van der Waals surface area contributed by atoms with Gasteiger partial charge in [-0.05, 0) is 54.6 Å². The van der Waals surface area contributed by atoms with Crippen molar-refractivity contribution in [3.63, 3.8) is 0 Å². The van der Waals surface area contributed by atoms with Crippen molar-refractivity contribution < 1.29 is 14.6 Å². The fraction of sp³-hybridized carbons (Fsp3) is 0.0500. The molecule has 0 atom stereocenters. The highest BCUT2D eigenvalue weighted by atomic mass is 16.5. The van der Waals surface area contributed by atoms with Crippen LogP contribution in [0.15, 0.2) is 88.3 Å². The number of hydrogen-bond donors (Lipinski definition) is 1. The SMILES string of the molecule is O=C(O)COc1ccc(-n2cccc2C2=NC=CC2=C2C=CC=N2)cc1. The van der Waals surface area contributed by atoms with E-state index in [1.54, 1.807) is 24.5 Å². The highest BCUT2D eigenvalue weighted by Crippen LogP contribution is 2.25. The number of ether oxygens (including phenoxy) is 1. The Kier molecular flexibility index (Phi) is 4.07. The van der Waals surface area contributed by atoms with E-state index in [4.69, 9.17) is 9.84 Å². The van der Waals surface area contributed by atoms with Gasteiger partial charge in [0.2, 0.25) is 0 Å². The number of aliphatic imine (C=N–C) groups is 2. The van der Waals surface area contributed by atoms with Gasteiger partial charge in [0.15, 0.2) is 6.61 Å². The van der Waals surface area contributed by atoms with Gasteiger partial charge in [0.1, 0.15) is 5.75 Å². The van der Waals surface area contributed by atoms with Crippen LogP contribution in [-0.2, 0) is 4.79 Å². The number of benzene rings is 1. The second-order valence-corrected chi connectivity index (χ2v) is 5.67. The summed E-state index contributed by atoms with van der Waals surface area (Å²) < 4.78 is 7.20. The second-order valence-electron chi connectivity index (χ2n) is 5.67. The topological polar surface area (TPSA) is 76.2 Å². The Morgan fingerprint density at radius 2 is 2.00 bits per heavy atom.